The van der Waals surface area contributed by atoms with Crippen molar-refractivity contribution in [3.8, 4) is 11.1 Å². The van der Waals surface area contributed by atoms with Crippen molar-refractivity contribution < 1.29 is 9.18 Å². The number of halogens is 1. The summed E-state index contributed by atoms with van der Waals surface area (Å²) < 4.78 is 15.0. The number of carbonyl (C=O) groups excluding carboxylic acids is 1. The molecule has 0 radical (unpaired) electrons. The van der Waals surface area contributed by atoms with Crippen LogP contribution >= 0.6 is 11.3 Å². The first-order valence-corrected chi connectivity index (χ1v) is 9.07. The predicted octanol–water partition coefficient (Wildman–Crippen LogP) is 3.90. The van der Waals surface area contributed by atoms with Crippen LogP contribution in [0.1, 0.15) is 0 Å². The zero-order chi connectivity index (χ0) is 18.8. The third kappa shape index (κ3) is 3.50. The molecule has 1 amide bonds. The van der Waals surface area contributed by atoms with E-state index in [9.17, 15) is 14.0 Å². The first-order chi connectivity index (χ1) is 13.1. The molecular formula is C20H14FN3O2S. The van der Waals surface area contributed by atoms with Gasteiger partial charge < -0.3 is 5.32 Å². The van der Waals surface area contributed by atoms with Gasteiger partial charge >= 0.3 is 0 Å². The number of rotatable bonds is 4. The maximum Gasteiger partial charge on any atom is 0.271 e. The fourth-order valence-electron chi connectivity index (χ4n) is 2.80. The molecule has 0 aliphatic carbocycles. The highest BCUT2D eigenvalue weighted by Crippen LogP contribution is 2.30. The average molecular weight is 379 g/mol. The summed E-state index contributed by atoms with van der Waals surface area (Å²) in [5.74, 6) is -0.872. The molecule has 0 spiro atoms. The van der Waals surface area contributed by atoms with Gasteiger partial charge in [0.1, 0.15) is 17.1 Å². The van der Waals surface area contributed by atoms with Gasteiger partial charge in [-0.25, -0.2) is 9.37 Å². The van der Waals surface area contributed by atoms with Crippen LogP contribution in [0.5, 0.6) is 0 Å². The summed E-state index contributed by atoms with van der Waals surface area (Å²) in [6.07, 6.45) is 1.37. The van der Waals surface area contributed by atoms with Crippen LogP contribution < -0.4 is 10.9 Å². The van der Waals surface area contributed by atoms with Crippen LogP contribution in [0.2, 0.25) is 0 Å². The highest BCUT2D eigenvalue weighted by Gasteiger charge is 2.14. The second kappa shape index (κ2) is 7.13. The summed E-state index contributed by atoms with van der Waals surface area (Å²) in [5, 5.41) is 4.47. The van der Waals surface area contributed by atoms with E-state index in [-0.39, 0.29) is 12.1 Å². The van der Waals surface area contributed by atoms with Gasteiger partial charge in [0.05, 0.1) is 11.8 Å². The first-order valence-electron chi connectivity index (χ1n) is 8.19. The second-order valence-electron chi connectivity index (χ2n) is 5.93. The van der Waals surface area contributed by atoms with Crippen LogP contribution in [0.25, 0.3) is 21.3 Å². The lowest BCUT2D eigenvalue weighted by molar-refractivity contribution is -0.116. The Labute approximate surface area is 157 Å². The van der Waals surface area contributed by atoms with Gasteiger partial charge in [-0.3, -0.25) is 14.2 Å². The molecule has 2 aromatic carbocycles. The molecule has 27 heavy (non-hydrogen) atoms. The van der Waals surface area contributed by atoms with E-state index < -0.39 is 11.7 Å². The topological polar surface area (TPSA) is 64.0 Å². The number of amides is 1. The monoisotopic (exact) mass is 379 g/mol. The summed E-state index contributed by atoms with van der Waals surface area (Å²) >= 11 is 1.31. The Kier molecular flexibility index (Phi) is 4.52. The standard InChI is InChI=1S/C20H14FN3O2S/c21-14-7-4-8-15(9-14)23-17(25)10-24-12-22-18-16(11-27-19(18)20(24)26)13-5-2-1-3-6-13/h1-9,11-12H,10H2,(H,23,25). The second-order valence-corrected chi connectivity index (χ2v) is 6.81. The van der Waals surface area contributed by atoms with Crippen LogP contribution in [-0.2, 0) is 11.3 Å². The third-order valence-corrected chi connectivity index (χ3v) is 5.01. The van der Waals surface area contributed by atoms with Gasteiger partial charge in [0.25, 0.3) is 5.56 Å². The van der Waals surface area contributed by atoms with Gasteiger partial charge in [-0.05, 0) is 23.8 Å². The highest BCUT2D eigenvalue weighted by molar-refractivity contribution is 7.17. The largest absolute Gasteiger partial charge is 0.324 e. The van der Waals surface area contributed by atoms with Crippen molar-refractivity contribution >= 4 is 33.1 Å². The van der Waals surface area contributed by atoms with Crippen molar-refractivity contribution in [2.24, 2.45) is 0 Å². The van der Waals surface area contributed by atoms with E-state index in [4.69, 9.17) is 0 Å². The molecule has 0 atom stereocenters. The van der Waals surface area contributed by atoms with Crippen LogP contribution in [0.15, 0.2) is 71.1 Å². The summed E-state index contributed by atoms with van der Waals surface area (Å²) in [6.45, 7) is -0.198. The van der Waals surface area contributed by atoms with E-state index in [2.05, 4.69) is 10.3 Å². The van der Waals surface area contributed by atoms with Crippen molar-refractivity contribution in [3.63, 3.8) is 0 Å². The van der Waals surface area contributed by atoms with Crippen molar-refractivity contribution in [2.75, 3.05) is 5.32 Å². The van der Waals surface area contributed by atoms with Gasteiger partial charge in [0, 0.05) is 16.6 Å². The normalized spacial score (nSPS) is 10.9. The van der Waals surface area contributed by atoms with Gasteiger partial charge in [-0.2, -0.15) is 0 Å². The first kappa shape index (κ1) is 17.1. The molecule has 0 saturated carbocycles. The number of hydrogen-bond donors (Lipinski definition) is 1. The Balaban J connectivity index is 1.61. The van der Waals surface area contributed by atoms with Crippen molar-refractivity contribution in [1.29, 1.82) is 0 Å². The molecule has 0 fully saturated rings. The van der Waals surface area contributed by atoms with E-state index in [0.717, 1.165) is 11.1 Å². The number of benzene rings is 2. The molecule has 0 saturated heterocycles. The third-order valence-electron chi connectivity index (χ3n) is 4.05. The highest BCUT2D eigenvalue weighted by atomic mass is 32.1. The number of hydrogen-bond acceptors (Lipinski definition) is 4. The van der Waals surface area contributed by atoms with Gasteiger partial charge in [0.15, 0.2) is 0 Å². The molecule has 0 unspecified atom stereocenters. The Morgan fingerprint density at radius 3 is 2.74 bits per heavy atom. The average Bonchev–Trinajstić information content (AvgIpc) is 3.09. The van der Waals surface area contributed by atoms with Crippen molar-refractivity contribution in [3.05, 3.63) is 82.5 Å². The lowest BCUT2D eigenvalue weighted by Gasteiger charge is -2.07. The van der Waals surface area contributed by atoms with E-state index in [0.29, 0.717) is 15.9 Å². The Hall–Kier alpha value is -3.32. The molecule has 134 valence electrons. The molecule has 0 aliphatic heterocycles. The summed E-state index contributed by atoms with van der Waals surface area (Å²) in [5.41, 5.74) is 2.56. The molecule has 4 aromatic rings. The Morgan fingerprint density at radius 1 is 1.15 bits per heavy atom. The van der Waals surface area contributed by atoms with Crippen LogP contribution in [0, 0.1) is 5.82 Å². The van der Waals surface area contributed by atoms with Crippen LogP contribution in [0.3, 0.4) is 0 Å². The lowest BCUT2D eigenvalue weighted by atomic mass is 10.1. The number of carbonyl (C=O) groups is 1. The van der Waals surface area contributed by atoms with Gasteiger partial charge in [-0.1, -0.05) is 36.4 Å². The van der Waals surface area contributed by atoms with E-state index in [1.165, 1.54) is 40.4 Å². The quantitative estimate of drug-likeness (QED) is 0.585. The number of aromatic nitrogens is 2. The van der Waals surface area contributed by atoms with E-state index in [1.54, 1.807) is 6.07 Å². The number of anilines is 1. The number of nitrogens with one attached hydrogen (secondary N) is 1. The molecule has 2 aromatic heterocycles. The maximum absolute atomic E-state index is 13.2. The zero-order valence-electron chi connectivity index (χ0n) is 14.1. The number of thiophene rings is 1. The SMILES string of the molecule is O=C(Cn1cnc2c(-c3ccccc3)csc2c1=O)Nc1cccc(F)c1. The Bertz CT molecular complexity index is 1180. The molecule has 4 rings (SSSR count). The van der Waals surface area contributed by atoms with Crippen molar-refractivity contribution in [2.45, 2.75) is 6.54 Å². The van der Waals surface area contributed by atoms with Crippen LogP contribution in [0.4, 0.5) is 10.1 Å². The maximum atomic E-state index is 13.2. The van der Waals surface area contributed by atoms with Crippen molar-refractivity contribution in [1.82, 2.24) is 9.55 Å². The van der Waals surface area contributed by atoms with Crippen LogP contribution in [-0.4, -0.2) is 15.5 Å². The van der Waals surface area contributed by atoms with Gasteiger partial charge in [-0.15, -0.1) is 11.3 Å². The lowest BCUT2D eigenvalue weighted by Crippen LogP contribution is -2.27. The Morgan fingerprint density at radius 2 is 1.96 bits per heavy atom. The minimum absolute atomic E-state index is 0.198. The summed E-state index contributed by atoms with van der Waals surface area (Å²) in [4.78, 5) is 29.3. The summed E-state index contributed by atoms with van der Waals surface area (Å²) in [6, 6.07) is 15.3. The molecular weight excluding hydrogens is 365 g/mol. The molecule has 1 N–H and O–H groups in total. The summed E-state index contributed by atoms with van der Waals surface area (Å²) in [7, 11) is 0. The zero-order valence-corrected chi connectivity index (χ0v) is 14.9. The molecule has 5 nitrogen and oxygen atoms in total. The molecule has 0 bridgehead atoms. The smallest absolute Gasteiger partial charge is 0.271 e. The van der Waals surface area contributed by atoms with E-state index >= 15 is 0 Å². The number of fused-ring (bicyclic) bond motifs is 1. The minimum atomic E-state index is -0.444. The molecule has 2 heterocycles. The molecule has 7 heteroatoms. The fraction of sp³-hybridized carbons (Fsp3) is 0.0500. The van der Waals surface area contributed by atoms with Gasteiger partial charge in [0.2, 0.25) is 5.91 Å². The predicted molar refractivity (Wildman–Crippen MR) is 104 cm³/mol. The van der Waals surface area contributed by atoms with E-state index in [1.807, 2.05) is 35.7 Å². The number of nitrogens with zero attached hydrogens (tertiary/aromatic N) is 2. The minimum Gasteiger partial charge on any atom is -0.324 e. The fourth-order valence-corrected chi connectivity index (χ4v) is 3.77. The molecule has 0 aliphatic rings.